The Morgan fingerprint density at radius 1 is 0.914 bits per heavy atom. The minimum Gasteiger partial charge on any atom is -0.350 e. The third kappa shape index (κ3) is 7.98. The number of sulfonamides is 1. The second-order valence-corrected chi connectivity index (χ2v) is 11.4. The number of hydrogen-bond acceptors (Lipinski definition) is 5. The monoisotopic (exact) mass is 518 g/mol. The molecule has 1 heterocycles. The summed E-state index contributed by atoms with van der Waals surface area (Å²) in [4.78, 5) is 24.9. The van der Waals surface area contributed by atoms with E-state index in [-0.39, 0.29) is 16.8 Å². The normalized spacial score (nSPS) is 16.1. The first kappa shape index (κ1) is 27.0. The molecule has 10 heteroatoms. The quantitative estimate of drug-likeness (QED) is 0.373. The van der Waals surface area contributed by atoms with Gasteiger partial charge in [0.15, 0.2) is 0 Å². The van der Waals surface area contributed by atoms with Crippen LogP contribution < -0.4 is 16.0 Å². The van der Waals surface area contributed by atoms with E-state index in [1.54, 1.807) is 30.3 Å². The van der Waals surface area contributed by atoms with E-state index in [4.69, 9.17) is 0 Å². The summed E-state index contributed by atoms with van der Waals surface area (Å²) in [6.45, 7) is 3.84. The first-order chi connectivity index (χ1) is 16.9. The lowest BCUT2D eigenvalue weighted by molar-refractivity contribution is -0.122. The van der Waals surface area contributed by atoms with Crippen molar-refractivity contribution in [3.8, 4) is 0 Å². The van der Waals surface area contributed by atoms with Crippen LogP contribution in [0.4, 0.5) is 4.79 Å². The van der Waals surface area contributed by atoms with Gasteiger partial charge in [-0.1, -0.05) is 68.7 Å². The number of urea groups is 1. The lowest BCUT2D eigenvalue weighted by Crippen LogP contribution is -2.44. The maximum atomic E-state index is 13.0. The maximum Gasteiger partial charge on any atom is 0.315 e. The van der Waals surface area contributed by atoms with Gasteiger partial charge in [0.2, 0.25) is 15.9 Å². The van der Waals surface area contributed by atoms with Crippen LogP contribution in [0.1, 0.15) is 43.7 Å². The molecule has 1 aliphatic rings. The molecule has 2 aromatic rings. The van der Waals surface area contributed by atoms with Crippen LogP contribution in [0.25, 0.3) is 0 Å². The Bertz CT molecular complexity index is 1060. The van der Waals surface area contributed by atoms with Gasteiger partial charge in [0.25, 0.3) is 0 Å². The van der Waals surface area contributed by atoms with E-state index >= 15 is 0 Å². The lowest BCUT2D eigenvalue weighted by Gasteiger charge is -2.22. The van der Waals surface area contributed by atoms with Crippen molar-refractivity contribution in [3.05, 3.63) is 65.7 Å². The molecule has 1 unspecified atom stereocenters. The second-order valence-electron chi connectivity index (χ2n) is 8.36. The maximum absolute atomic E-state index is 13.0. The summed E-state index contributed by atoms with van der Waals surface area (Å²) in [6, 6.07) is 15.6. The van der Waals surface area contributed by atoms with E-state index in [1.165, 1.54) is 28.9 Å². The van der Waals surface area contributed by atoms with E-state index in [0.717, 1.165) is 24.0 Å². The minimum atomic E-state index is -3.73. The minimum absolute atomic E-state index is 0.179. The Morgan fingerprint density at radius 2 is 1.57 bits per heavy atom. The second kappa shape index (κ2) is 13.5. The third-order valence-electron chi connectivity index (χ3n) is 5.68. The summed E-state index contributed by atoms with van der Waals surface area (Å²) in [7, 11) is -3.73. The van der Waals surface area contributed by atoms with E-state index in [1.807, 2.05) is 24.3 Å². The summed E-state index contributed by atoms with van der Waals surface area (Å²) in [6.07, 6.45) is 4.45. The highest BCUT2D eigenvalue weighted by atomic mass is 32.2. The number of rotatable bonds is 12. The zero-order valence-corrected chi connectivity index (χ0v) is 21.7. The van der Waals surface area contributed by atoms with Crippen LogP contribution in [0.5, 0.6) is 0 Å². The Hall–Kier alpha value is -2.56. The van der Waals surface area contributed by atoms with Crippen LogP contribution in [-0.4, -0.2) is 48.9 Å². The highest BCUT2D eigenvalue weighted by molar-refractivity contribution is 8.02. The number of amides is 3. The molecule has 0 saturated carbocycles. The first-order valence-electron chi connectivity index (χ1n) is 12.0. The van der Waals surface area contributed by atoms with Crippen LogP contribution in [0, 0.1) is 0 Å². The molecule has 0 bridgehead atoms. The van der Waals surface area contributed by atoms with Gasteiger partial charge in [0.05, 0.1) is 4.90 Å². The SMILES string of the molecule is CCCCCCNC(=O)NCc1ccc(CNC(=O)C2SCCN2S(=O)(=O)c2ccccc2)cc1. The number of thioether (sulfide) groups is 1. The molecule has 1 saturated heterocycles. The number of unbranched alkanes of at least 4 members (excludes halogenated alkanes) is 3. The van der Waals surface area contributed by atoms with Crippen molar-refractivity contribution >= 4 is 33.7 Å². The van der Waals surface area contributed by atoms with Crippen molar-refractivity contribution in [3.63, 3.8) is 0 Å². The zero-order valence-electron chi connectivity index (χ0n) is 20.0. The number of nitrogens with one attached hydrogen (secondary N) is 3. The van der Waals surface area contributed by atoms with Crippen LogP contribution in [0.2, 0.25) is 0 Å². The standard InChI is InChI=1S/C25H34N4O4S2/c1-2-3-4-8-15-26-25(31)28-19-21-13-11-20(12-14-21)18-27-23(30)24-29(16-17-34-24)35(32,33)22-9-6-5-7-10-22/h5-7,9-14,24H,2-4,8,15-19H2,1H3,(H,27,30)(H2,26,28,31). The molecule has 2 aromatic carbocycles. The Morgan fingerprint density at radius 3 is 2.23 bits per heavy atom. The number of carbonyl (C=O) groups excluding carboxylic acids is 2. The topological polar surface area (TPSA) is 108 Å². The molecule has 0 aliphatic carbocycles. The Balaban J connectivity index is 1.45. The number of nitrogens with zero attached hydrogens (tertiary/aromatic N) is 1. The van der Waals surface area contributed by atoms with Gasteiger partial charge < -0.3 is 16.0 Å². The smallest absolute Gasteiger partial charge is 0.315 e. The highest BCUT2D eigenvalue weighted by Gasteiger charge is 2.39. The van der Waals surface area contributed by atoms with Gasteiger partial charge in [0.1, 0.15) is 5.37 Å². The van der Waals surface area contributed by atoms with Crippen LogP contribution in [-0.2, 0) is 27.9 Å². The molecule has 8 nitrogen and oxygen atoms in total. The van der Waals surface area contributed by atoms with Crippen LogP contribution in [0.15, 0.2) is 59.5 Å². The molecule has 3 amide bonds. The molecule has 0 aromatic heterocycles. The van der Waals surface area contributed by atoms with Gasteiger partial charge in [-0.15, -0.1) is 11.8 Å². The fourth-order valence-corrected chi connectivity index (χ4v) is 6.81. The average Bonchev–Trinajstić information content (AvgIpc) is 3.38. The van der Waals surface area contributed by atoms with Crippen molar-refractivity contribution in [1.82, 2.24) is 20.3 Å². The van der Waals surface area contributed by atoms with Gasteiger partial charge in [-0.3, -0.25) is 4.79 Å². The molecule has 190 valence electrons. The summed E-state index contributed by atoms with van der Waals surface area (Å²) >= 11 is 1.32. The Labute approximate surface area is 212 Å². The van der Waals surface area contributed by atoms with Crippen molar-refractivity contribution in [2.75, 3.05) is 18.8 Å². The van der Waals surface area contributed by atoms with Gasteiger partial charge in [-0.2, -0.15) is 4.31 Å². The third-order valence-corrected chi connectivity index (χ3v) is 8.90. The molecule has 35 heavy (non-hydrogen) atoms. The van der Waals surface area contributed by atoms with E-state index in [9.17, 15) is 18.0 Å². The number of carbonyl (C=O) groups is 2. The first-order valence-corrected chi connectivity index (χ1v) is 14.5. The average molecular weight is 519 g/mol. The summed E-state index contributed by atoms with van der Waals surface area (Å²) < 4.78 is 27.2. The summed E-state index contributed by atoms with van der Waals surface area (Å²) in [5, 5.41) is 7.77. The van der Waals surface area contributed by atoms with Crippen LogP contribution in [0.3, 0.4) is 0 Å². The molecule has 1 fully saturated rings. The van der Waals surface area contributed by atoms with Crippen molar-refractivity contribution in [2.45, 2.75) is 56.0 Å². The molecule has 3 N–H and O–H groups in total. The van der Waals surface area contributed by atoms with E-state index in [0.29, 0.717) is 31.9 Å². The predicted octanol–water partition coefficient (Wildman–Crippen LogP) is 3.45. The molecule has 0 spiro atoms. The molecular formula is C25H34N4O4S2. The van der Waals surface area contributed by atoms with Crippen LogP contribution >= 0.6 is 11.8 Å². The molecule has 1 atom stereocenters. The van der Waals surface area contributed by atoms with Gasteiger partial charge in [-0.05, 0) is 29.7 Å². The summed E-state index contributed by atoms with van der Waals surface area (Å²) in [5.74, 6) is 0.242. The van der Waals surface area contributed by atoms with E-state index < -0.39 is 15.4 Å². The van der Waals surface area contributed by atoms with E-state index in [2.05, 4.69) is 22.9 Å². The summed E-state index contributed by atoms with van der Waals surface area (Å²) in [5.41, 5.74) is 1.84. The van der Waals surface area contributed by atoms with Gasteiger partial charge in [0, 0.05) is 31.9 Å². The van der Waals surface area contributed by atoms with Gasteiger partial charge in [-0.25, -0.2) is 13.2 Å². The predicted molar refractivity (Wildman–Crippen MR) is 139 cm³/mol. The lowest BCUT2D eigenvalue weighted by atomic mass is 10.1. The van der Waals surface area contributed by atoms with Crippen molar-refractivity contribution in [1.29, 1.82) is 0 Å². The molecule has 0 radical (unpaired) electrons. The van der Waals surface area contributed by atoms with Crippen molar-refractivity contribution < 1.29 is 18.0 Å². The highest BCUT2D eigenvalue weighted by Crippen LogP contribution is 2.30. The molecular weight excluding hydrogens is 484 g/mol. The van der Waals surface area contributed by atoms with Crippen molar-refractivity contribution in [2.24, 2.45) is 0 Å². The fraction of sp³-hybridized carbons (Fsp3) is 0.440. The number of benzene rings is 2. The largest absolute Gasteiger partial charge is 0.350 e. The Kier molecular flexibility index (Phi) is 10.4. The number of hydrogen-bond donors (Lipinski definition) is 3. The zero-order chi connectivity index (χ0) is 25.1. The molecule has 3 rings (SSSR count). The fourth-order valence-electron chi connectivity index (χ4n) is 3.69. The molecule has 1 aliphatic heterocycles. The van der Waals surface area contributed by atoms with Gasteiger partial charge >= 0.3 is 6.03 Å².